The predicted molar refractivity (Wildman–Crippen MR) is 432 cm³/mol. The maximum Gasteiger partial charge on any atom is 0.373 e. The van der Waals surface area contributed by atoms with Gasteiger partial charge in [-0.15, -0.1) is 0 Å². The second kappa shape index (κ2) is 46.3. The number of nitrogens with one attached hydrogen (secondary N) is 3. The maximum atomic E-state index is 12.7. The summed E-state index contributed by atoms with van der Waals surface area (Å²) in [4.78, 5) is 95.6. The molecule has 4 N–H and O–H groups in total. The lowest BCUT2D eigenvalue weighted by Crippen LogP contribution is -2.24. The van der Waals surface area contributed by atoms with Crippen molar-refractivity contribution in [1.29, 1.82) is 0 Å². The summed E-state index contributed by atoms with van der Waals surface area (Å²) in [6, 6.07) is 54.3. The fraction of sp³-hybridized carbons (Fsp3) is 0.184. The number of carboxylic acid groups (broad SMARTS) is 1. The van der Waals surface area contributed by atoms with E-state index in [-0.39, 0.29) is 65.7 Å². The Morgan fingerprint density at radius 2 is 1.03 bits per heavy atom. The van der Waals surface area contributed by atoms with Gasteiger partial charge in [-0.05, 0) is 127 Å². The van der Waals surface area contributed by atoms with Crippen LogP contribution in [-0.4, -0.2) is 135 Å². The molecule has 3 atom stereocenters. The van der Waals surface area contributed by atoms with E-state index in [1.807, 2.05) is 167 Å². The largest absolute Gasteiger partial charge is 0.478 e. The maximum absolute atomic E-state index is 12.7. The fourth-order valence-corrected chi connectivity index (χ4v) is 11.3. The summed E-state index contributed by atoms with van der Waals surface area (Å²) >= 11 is 5.37. The molecule has 0 radical (unpaired) electrons. The number of H-pyrrole nitrogens is 2. The zero-order chi connectivity index (χ0) is 83.9. The van der Waals surface area contributed by atoms with E-state index >= 15 is 0 Å². The molecule has 13 aromatic rings. The van der Waals surface area contributed by atoms with E-state index in [1.54, 1.807) is 98.7 Å². The Hall–Kier alpha value is -14.7. The predicted octanol–water partition coefficient (Wildman–Crippen LogP) is 14.4. The number of benzene rings is 6. The lowest BCUT2D eigenvalue weighted by molar-refractivity contribution is -0.191. The SMILES string of the molecule is CCOC(=O)c1cn[nH]c1.CCOC(=O)c1cnn([C@@H](C)c2ccccc2)c1.CCc1cn[nH]c1.C[C@@H](c1ccccc1)n1cc(C(=O)Cl)cn1.C[C@@H](c1ccccc1)n1cc(C(=O)O)cn1.O=C1CC=C(NC(=O)c2cnn(Cc3ccccc3)c2)C=C1C1=Cc2ccccc2C1.O=C=O.O=COc1cnn(Cc2ccc(F)cc2)c1. The van der Waals surface area contributed by atoms with Crippen molar-refractivity contribution in [3.63, 3.8) is 0 Å². The Morgan fingerprint density at radius 3 is 1.52 bits per heavy atom. The third-order valence-corrected chi connectivity index (χ3v) is 17.6. The van der Waals surface area contributed by atoms with Crippen LogP contribution < -0.4 is 10.1 Å². The standard InChI is InChI=1S/C26H21N3O2.C14H16N2O2.C12H11ClN2O.C12H12N2O2.C11H9FN2O2.C6H8N2O2.C5H8N2.CO2/c30-25-11-10-23(14-24(25)21-12-19-8-4-5-9-20(19)13-21)28-26(31)22-15-27-29(17-22)16-18-6-2-1-3-7-18;1-3-18-14(17)13-9-15-16(10-13)11(2)12-7-5-4-6-8-12;1-9(10-5-3-2-4-6-10)15-8-11(7-14-15)12(13)16;1-9(10-5-3-2-4-6-10)14-8-11(7-13-14)12(15)16;12-10-3-1-9(2-4-10)6-14-7-11(5-13-14)16-8-15;1-2-10-6(9)5-3-7-8-4-5;1-2-5-3-6-7-4-5;2-1-3/h1-10,12,14-15,17H,11,13,16H2,(H,28,31);4-11H,3H2,1-2H3;2-9H,1H3;2-9H,1H3,(H,15,16);1-5,7-8H,6H2;3-4H,2H2,1H3,(H,7,8);3-4H,2H2,1H3,(H,6,7);/t;11-;2*9-;;;;/m.000..../s1. The van der Waals surface area contributed by atoms with Crippen molar-refractivity contribution in [3.05, 3.63) is 364 Å². The molecule has 0 fully saturated rings. The number of halogens is 2. The first-order chi connectivity index (χ1) is 56.7. The molecular weight excluding hydrogens is 1520 g/mol. The molecule has 1 amide bonds. The number of hydrogen-bond donors (Lipinski definition) is 4. The van der Waals surface area contributed by atoms with Crippen LogP contribution in [0, 0.1) is 5.82 Å². The van der Waals surface area contributed by atoms with Gasteiger partial charge in [0, 0.05) is 54.9 Å². The van der Waals surface area contributed by atoms with E-state index < -0.39 is 11.2 Å². The van der Waals surface area contributed by atoms with Crippen LogP contribution in [0.25, 0.3) is 6.08 Å². The Labute approximate surface area is 677 Å². The summed E-state index contributed by atoms with van der Waals surface area (Å²) in [6.07, 6.45) is 30.3. The van der Waals surface area contributed by atoms with Crippen LogP contribution in [0.5, 0.6) is 5.75 Å². The Balaban J connectivity index is 0.000000176. The third-order valence-electron chi connectivity index (χ3n) is 17.4. The second-order valence-electron chi connectivity index (χ2n) is 25.4. The highest BCUT2D eigenvalue weighted by atomic mass is 35.5. The molecule has 28 nitrogen and oxygen atoms in total. The van der Waals surface area contributed by atoms with Crippen molar-refractivity contribution < 1.29 is 66.9 Å². The molecular formula is C87H85ClFN15O13. The van der Waals surface area contributed by atoms with Gasteiger partial charge >= 0.3 is 24.1 Å². The van der Waals surface area contributed by atoms with Gasteiger partial charge in [-0.25, -0.2) is 18.8 Å². The highest BCUT2D eigenvalue weighted by Crippen LogP contribution is 2.32. The number of fused-ring (bicyclic) bond motifs is 1. The van der Waals surface area contributed by atoms with Gasteiger partial charge in [0.05, 0.1) is 122 Å². The summed E-state index contributed by atoms with van der Waals surface area (Å²) in [7, 11) is 0. The molecule has 0 aliphatic heterocycles. The highest BCUT2D eigenvalue weighted by Gasteiger charge is 2.24. The molecule has 2 aliphatic rings. The second-order valence-corrected chi connectivity index (χ2v) is 25.8. The van der Waals surface area contributed by atoms with Crippen molar-refractivity contribution in [2.24, 2.45) is 0 Å². The zero-order valence-corrected chi connectivity index (χ0v) is 65.5. The van der Waals surface area contributed by atoms with E-state index in [9.17, 15) is 38.0 Å². The van der Waals surface area contributed by atoms with Gasteiger partial charge in [0.2, 0.25) is 0 Å². The lowest BCUT2D eigenvalue weighted by Gasteiger charge is -2.14. The molecule has 0 saturated heterocycles. The summed E-state index contributed by atoms with van der Waals surface area (Å²) in [5, 5.41) is 44.5. The molecule has 7 aromatic heterocycles. The first-order valence-corrected chi connectivity index (χ1v) is 37.1. The van der Waals surface area contributed by atoms with Gasteiger partial charge in [-0.2, -0.15) is 45.3 Å². The molecule has 0 saturated carbocycles. The molecule has 30 heteroatoms. The van der Waals surface area contributed by atoms with Gasteiger partial charge in [-0.1, -0.05) is 177 Å². The minimum atomic E-state index is -0.952. The third kappa shape index (κ3) is 27.9. The van der Waals surface area contributed by atoms with E-state index in [1.165, 1.54) is 60.4 Å². The number of ether oxygens (including phenoxy) is 3. The van der Waals surface area contributed by atoms with Crippen LogP contribution >= 0.6 is 11.6 Å². The number of aryl methyl sites for hydroxylation is 1. The number of amides is 1. The van der Waals surface area contributed by atoms with Crippen LogP contribution in [0.1, 0.15) is 162 Å². The molecule has 600 valence electrons. The van der Waals surface area contributed by atoms with E-state index in [2.05, 4.69) is 85.8 Å². The van der Waals surface area contributed by atoms with Crippen LogP contribution in [-0.2, 0) is 54.6 Å². The van der Waals surface area contributed by atoms with Gasteiger partial charge < -0.3 is 24.6 Å². The molecule has 2 aliphatic carbocycles. The number of carboxylic acids is 1. The first kappa shape index (κ1) is 87.9. The summed E-state index contributed by atoms with van der Waals surface area (Å²) in [6.45, 7) is 13.9. The van der Waals surface area contributed by atoms with Crippen LogP contribution in [0.15, 0.2) is 286 Å². The van der Waals surface area contributed by atoms with Gasteiger partial charge in [0.1, 0.15) is 5.82 Å². The van der Waals surface area contributed by atoms with Crippen molar-refractivity contribution in [1.82, 2.24) is 74.6 Å². The number of esters is 2. The average molecular weight is 1600 g/mol. The monoisotopic (exact) mass is 1600 g/mol. The lowest BCUT2D eigenvalue weighted by atomic mass is 9.93. The number of rotatable bonds is 22. The summed E-state index contributed by atoms with van der Waals surface area (Å²) in [5.74, 6) is -1.66. The Kier molecular flexibility index (Phi) is 34.8. The van der Waals surface area contributed by atoms with Crippen molar-refractivity contribution in [3.8, 4) is 5.75 Å². The number of hydrogen-bond acceptors (Lipinski definition) is 19. The molecule has 0 unspecified atom stereocenters. The van der Waals surface area contributed by atoms with Crippen LogP contribution in [0.4, 0.5) is 4.39 Å². The quantitative estimate of drug-likeness (QED) is 0.0278. The number of aromatic amines is 2. The topological polar surface area (TPSA) is 360 Å². The van der Waals surface area contributed by atoms with Crippen molar-refractivity contribution in [2.75, 3.05) is 13.2 Å². The number of aromatic carboxylic acids is 1. The zero-order valence-electron chi connectivity index (χ0n) is 64.7. The number of ketones is 1. The van der Waals surface area contributed by atoms with Gasteiger partial charge in [-0.3, -0.25) is 52.8 Å². The number of allylic oxidation sites excluding steroid dienone is 4. The van der Waals surface area contributed by atoms with E-state index in [4.69, 9.17) is 31.0 Å². The molecule has 0 bridgehead atoms. The Morgan fingerprint density at radius 1 is 0.556 bits per heavy atom. The van der Waals surface area contributed by atoms with Crippen LogP contribution in [0.2, 0.25) is 0 Å². The molecule has 6 aromatic carbocycles. The normalized spacial score (nSPS) is 12.0. The minimum Gasteiger partial charge on any atom is -0.478 e. The smallest absolute Gasteiger partial charge is 0.373 e. The summed E-state index contributed by atoms with van der Waals surface area (Å²) in [5.41, 5.74) is 13.4. The van der Waals surface area contributed by atoms with E-state index in [0.29, 0.717) is 72.0 Å². The van der Waals surface area contributed by atoms with Crippen molar-refractivity contribution >= 4 is 65.1 Å². The fourth-order valence-electron chi connectivity index (χ4n) is 11.2. The number of aromatic nitrogens is 14. The van der Waals surface area contributed by atoms with Gasteiger partial charge in [0.25, 0.3) is 17.6 Å². The Bertz CT molecular complexity index is 5330. The molecule has 0 spiro atoms. The summed E-state index contributed by atoms with van der Waals surface area (Å²) < 4.78 is 35.4. The van der Waals surface area contributed by atoms with Gasteiger partial charge in [0.15, 0.2) is 11.5 Å². The molecule has 117 heavy (non-hydrogen) atoms. The first-order valence-electron chi connectivity index (χ1n) is 36.7. The average Bonchev–Trinajstić information content (AvgIpc) is 1.67. The highest BCUT2D eigenvalue weighted by molar-refractivity contribution is 6.67. The van der Waals surface area contributed by atoms with Crippen molar-refractivity contribution in [2.45, 2.75) is 92.0 Å². The van der Waals surface area contributed by atoms with E-state index in [0.717, 1.165) is 51.8 Å². The number of carbonyl (C=O) groups is 7. The number of Topliss-reactive ketones (excluding diaryl/α,β-unsaturated/α-hetero) is 1. The number of carbonyl (C=O) groups excluding carboxylic acids is 8. The van der Waals surface area contributed by atoms with Crippen LogP contribution in [0.3, 0.4) is 0 Å². The number of nitrogens with zero attached hydrogens (tertiary/aromatic N) is 12. The molecule has 15 rings (SSSR count). The minimum absolute atomic E-state index is 0.0364. The molecule has 7 heterocycles.